The summed E-state index contributed by atoms with van der Waals surface area (Å²) in [6.07, 6.45) is 2.67. The molecule has 0 unspecified atom stereocenters. The minimum absolute atomic E-state index is 0.0270. The fourth-order valence-corrected chi connectivity index (χ4v) is 6.90. The number of sulfonamides is 1. The lowest BCUT2D eigenvalue weighted by atomic mass is 10.1. The molecular weight excluding hydrogens is 643 g/mol. The van der Waals surface area contributed by atoms with Gasteiger partial charge in [-0.3, -0.25) is 9.59 Å². The second kappa shape index (κ2) is 14.3. The predicted octanol–water partition coefficient (Wildman–Crippen LogP) is 7.23. The number of nitrogens with zero attached hydrogens (tertiary/aromatic N) is 1. The number of amidine groups is 1. The van der Waals surface area contributed by atoms with Crippen molar-refractivity contribution in [2.24, 2.45) is 4.99 Å². The first kappa shape index (κ1) is 32.7. The van der Waals surface area contributed by atoms with Crippen molar-refractivity contribution in [2.45, 2.75) is 38.2 Å². The van der Waals surface area contributed by atoms with Crippen molar-refractivity contribution in [3.05, 3.63) is 142 Å². The lowest BCUT2D eigenvalue weighted by Crippen LogP contribution is -2.31. The van der Waals surface area contributed by atoms with Gasteiger partial charge >= 0.3 is 0 Å². The van der Waals surface area contributed by atoms with E-state index in [1.54, 1.807) is 36.4 Å². The third-order valence-electron chi connectivity index (χ3n) is 7.75. The molecule has 5 aromatic rings. The number of hydrogen-bond donors (Lipinski definition) is 2. The number of benzene rings is 5. The average molecular weight is 676 g/mol. The number of carbonyl (C=O) groups is 2. The van der Waals surface area contributed by atoms with Crippen LogP contribution in [-0.2, 0) is 39.1 Å². The minimum atomic E-state index is -3.96. The monoisotopic (exact) mass is 675 g/mol. The number of thioether (sulfide) groups is 1. The Balaban J connectivity index is 1.14. The zero-order valence-corrected chi connectivity index (χ0v) is 28.0. The van der Waals surface area contributed by atoms with Crippen LogP contribution in [0.5, 0.6) is 5.75 Å². The van der Waals surface area contributed by atoms with Gasteiger partial charge in [0.05, 0.1) is 21.9 Å². The van der Waals surface area contributed by atoms with Crippen LogP contribution in [-0.4, -0.2) is 25.4 Å². The number of ether oxygens (including phenoxy) is 1. The molecule has 10 heteroatoms. The van der Waals surface area contributed by atoms with Crippen molar-refractivity contribution in [3.8, 4) is 5.75 Å². The first-order valence-corrected chi connectivity index (χ1v) is 17.7. The Hall–Kier alpha value is -5.19. The molecule has 48 heavy (non-hydrogen) atoms. The zero-order valence-electron chi connectivity index (χ0n) is 26.4. The Labute approximate surface area is 284 Å². The van der Waals surface area contributed by atoms with Crippen molar-refractivity contribution in [1.82, 2.24) is 10.0 Å². The molecule has 6 rings (SSSR count). The van der Waals surface area contributed by atoms with E-state index in [1.807, 2.05) is 49.4 Å². The molecule has 1 heterocycles. The predicted molar refractivity (Wildman–Crippen MR) is 192 cm³/mol. The van der Waals surface area contributed by atoms with Gasteiger partial charge in [-0.2, -0.15) is 0 Å². The maximum atomic E-state index is 13.0. The van der Waals surface area contributed by atoms with Crippen molar-refractivity contribution in [2.75, 3.05) is 0 Å². The zero-order chi connectivity index (χ0) is 33.7. The summed E-state index contributed by atoms with van der Waals surface area (Å²) in [5.41, 5.74) is 5.20. The van der Waals surface area contributed by atoms with E-state index in [1.165, 1.54) is 29.5 Å². The van der Waals surface area contributed by atoms with Gasteiger partial charge in [0.15, 0.2) is 5.17 Å². The van der Waals surface area contributed by atoms with Crippen molar-refractivity contribution < 1.29 is 22.7 Å². The molecule has 0 atom stereocenters. The molecule has 2 amide bonds. The number of carbonyl (C=O) groups excluding carboxylic acids is 2. The van der Waals surface area contributed by atoms with Gasteiger partial charge in [0.2, 0.25) is 5.91 Å². The van der Waals surface area contributed by atoms with Crippen LogP contribution in [0.25, 0.3) is 16.8 Å². The molecule has 1 aliphatic rings. The molecule has 0 aliphatic carbocycles. The van der Waals surface area contributed by atoms with Crippen LogP contribution in [0.15, 0.2) is 124 Å². The summed E-state index contributed by atoms with van der Waals surface area (Å²) >= 11 is 1.23. The molecule has 1 aliphatic heterocycles. The summed E-state index contributed by atoms with van der Waals surface area (Å²) in [7, 11) is -3.96. The second-order valence-corrected chi connectivity index (χ2v) is 14.1. The van der Waals surface area contributed by atoms with Crippen LogP contribution in [0.1, 0.15) is 34.7 Å². The summed E-state index contributed by atoms with van der Waals surface area (Å²) in [6, 6.07) is 33.4. The number of rotatable bonds is 10. The second-order valence-electron chi connectivity index (χ2n) is 11.4. The smallest absolute Gasteiger partial charge is 0.264 e. The molecule has 242 valence electrons. The average Bonchev–Trinajstić information content (AvgIpc) is 3.42. The van der Waals surface area contributed by atoms with E-state index < -0.39 is 15.9 Å². The number of aryl methyl sites for hydroxylation is 2. The van der Waals surface area contributed by atoms with Crippen molar-refractivity contribution in [1.29, 1.82) is 0 Å². The summed E-state index contributed by atoms with van der Waals surface area (Å²) < 4.78 is 33.5. The quantitative estimate of drug-likeness (QED) is 0.151. The van der Waals surface area contributed by atoms with Crippen LogP contribution >= 0.6 is 11.8 Å². The van der Waals surface area contributed by atoms with Gasteiger partial charge in [0, 0.05) is 5.56 Å². The summed E-state index contributed by atoms with van der Waals surface area (Å²) in [4.78, 5) is 30.6. The van der Waals surface area contributed by atoms with Gasteiger partial charge in [0.1, 0.15) is 12.4 Å². The van der Waals surface area contributed by atoms with E-state index in [0.29, 0.717) is 33.7 Å². The molecule has 1 fully saturated rings. The molecule has 0 radical (unpaired) electrons. The molecule has 8 nitrogen and oxygen atoms in total. The first-order valence-electron chi connectivity index (χ1n) is 15.4. The summed E-state index contributed by atoms with van der Waals surface area (Å²) in [5.74, 6) is -0.239. The number of nitrogens with one attached hydrogen (secondary N) is 2. The van der Waals surface area contributed by atoms with Crippen molar-refractivity contribution >= 4 is 61.3 Å². The van der Waals surface area contributed by atoms with Gasteiger partial charge in [-0.25, -0.2) is 18.1 Å². The summed E-state index contributed by atoms with van der Waals surface area (Å²) in [5, 5.41) is 5.31. The Morgan fingerprint density at radius 2 is 1.52 bits per heavy atom. The fourth-order valence-electron chi connectivity index (χ4n) is 5.08. The fraction of sp³-hybridized carbons (Fsp3) is 0.132. The summed E-state index contributed by atoms with van der Waals surface area (Å²) in [6.45, 7) is 4.37. The third-order valence-corrected chi connectivity index (χ3v) is 10.1. The van der Waals surface area contributed by atoms with Crippen LogP contribution in [0.3, 0.4) is 0 Å². The topological polar surface area (TPSA) is 114 Å². The Kier molecular flexibility index (Phi) is 9.75. The van der Waals surface area contributed by atoms with E-state index in [4.69, 9.17) is 4.74 Å². The number of hydrogen-bond acceptors (Lipinski definition) is 7. The van der Waals surface area contributed by atoms with E-state index in [2.05, 4.69) is 46.2 Å². The first-order chi connectivity index (χ1) is 23.1. The van der Waals surface area contributed by atoms with Crippen LogP contribution in [0, 0.1) is 6.92 Å². The highest BCUT2D eigenvalue weighted by molar-refractivity contribution is 8.18. The van der Waals surface area contributed by atoms with E-state index >= 15 is 0 Å². The van der Waals surface area contributed by atoms with Gasteiger partial charge < -0.3 is 10.1 Å². The molecule has 0 bridgehead atoms. The molecule has 1 saturated heterocycles. The Morgan fingerprint density at radius 3 is 2.21 bits per heavy atom. The highest BCUT2D eigenvalue weighted by atomic mass is 32.2. The standard InChI is InChI=1S/C38H33N3O5S2/c1-3-26-10-12-28(13-11-26)24-46-34-22-30-7-5-4-6-29(30)21-31(34)23-35-37(43)40-38(47-35)39-32-16-14-27(15-17-32)20-36(42)41-48(44,45)33-18-8-25(2)9-19-33/h4-19,21-23H,3,20,24H2,1-2H3,(H,41,42)(H,39,40,43)/b35-23+. The van der Waals surface area contributed by atoms with Crippen LogP contribution in [0.2, 0.25) is 0 Å². The highest BCUT2D eigenvalue weighted by Crippen LogP contribution is 2.33. The largest absolute Gasteiger partial charge is 0.488 e. The van der Waals surface area contributed by atoms with Crippen molar-refractivity contribution in [3.63, 3.8) is 0 Å². The Morgan fingerprint density at radius 1 is 0.875 bits per heavy atom. The highest BCUT2D eigenvalue weighted by Gasteiger charge is 2.25. The van der Waals surface area contributed by atoms with Crippen LogP contribution < -0.4 is 14.8 Å². The van der Waals surface area contributed by atoms with E-state index in [9.17, 15) is 18.0 Å². The Bertz CT molecular complexity index is 2160. The van der Waals surface area contributed by atoms with Gasteiger partial charge in [0.25, 0.3) is 15.9 Å². The van der Waals surface area contributed by atoms with E-state index in [0.717, 1.165) is 33.9 Å². The van der Waals surface area contributed by atoms with Gasteiger partial charge in [-0.15, -0.1) is 0 Å². The van der Waals surface area contributed by atoms with Gasteiger partial charge in [-0.1, -0.05) is 85.3 Å². The van der Waals surface area contributed by atoms with Gasteiger partial charge in [-0.05, 0) is 95.0 Å². The molecule has 0 saturated carbocycles. The molecule has 2 N–H and O–H groups in total. The maximum Gasteiger partial charge on any atom is 0.264 e. The normalized spacial score (nSPS) is 14.8. The minimum Gasteiger partial charge on any atom is -0.488 e. The van der Waals surface area contributed by atoms with Crippen LogP contribution in [0.4, 0.5) is 5.69 Å². The number of amides is 2. The maximum absolute atomic E-state index is 13.0. The number of aliphatic imine (C=N–C) groups is 1. The number of fused-ring (bicyclic) bond motifs is 1. The SMILES string of the molecule is CCc1ccc(COc2cc3ccccc3cc2/C=C2/SC(=Nc3ccc(CC(=O)NS(=O)(=O)c4ccc(C)cc4)cc3)NC2=O)cc1. The molecule has 0 aromatic heterocycles. The lowest BCUT2D eigenvalue weighted by molar-refractivity contribution is -0.118. The molecule has 0 spiro atoms. The third kappa shape index (κ3) is 8.02. The van der Waals surface area contributed by atoms with E-state index in [-0.39, 0.29) is 17.2 Å². The molecular formula is C38H33N3O5S2. The molecule has 5 aromatic carbocycles. The lowest BCUT2D eigenvalue weighted by Gasteiger charge is -2.12.